The van der Waals surface area contributed by atoms with E-state index in [1.54, 1.807) is 0 Å². The molecule has 0 bridgehead atoms. The minimum Gasteiger partial charge on any atom is -0.481 e. The molecule has 31 heavy (non-hydrogen) atoms. The van der Waals surface area contributed by atoms with Gasteiger partial charge in [0.1, 0.15) is 12.1 Å². The maximum atomic E-state index is 12.9. The van der Waals surface area contributed by atoms with Crippen LogP contribution >= 0.6 is 12.6 Å². The van der Waals surface area contributed by atoms with Gasteiger partial charge in [0.2, 0.25) is 11.8 Å². The fourth-order valence-electron chi connectivity index (χ4n) is 2.77. The normalized spacial score (nSPS) is 13.5. The van der Waals surface area contributed by atoms with Gasteiger partial charge in [-0.3, -0.25) is 24.2 Å². The number of benzene rings is 1. The van der Waals surface area contributed by atoms with Crippen LogP contribution in [-0.2, 0) is 30.3 Å². The SMILES string of the molecule is COC[C@H](Cc1ccccc1)N(N)C(=O)[C@H](CS)NC(=O)[C@H](CC(=O)O)NC(=O)CN. The standard InChI is InChI=1S/C19H29N5O6S/c1-30-10-13(7-12-5-3-2-4-6-12)24(21)19(29)15(11-31)23-18(28)14(8-17(26)27)22-16(25)9-20/h2-6,13-15,31H,7-11,20-21H2,1H3,(H,22,25)(H,23,28)(H,26,27)/t13-,14-,15-/m0/s1. The largest absolute Gasteiger partial charge is 0.481 e. The van der Waals surface area contributed by atoms with Gasteiger partial charge in [-0.1, -0.05) is 30.3 Å². The van der Waals surface area contributed by atoms with Crippen LogP contribution < -0.4 is 22.2 Å². The Kier molecular flexibility index (Phi) is 11.6. The first-order chi connectivity index (χ1) is 14.7. The highest BCUT2D eigenvalue weighted by molar-refractivity contribution is 7.80. The molecule has 0 spiro atoms. The number of ether oxygens (including phenoxy) is 1. The number of nitrogens with two attached hydrogens (primary N) is 2. The second-order valence-corrected chi connectivity index (χ2v) is 7.08. The van der Waals surface area contributed by atoms with Crippen molar-refractivity contribution >= 4 is 36.3 Å². The minimum absolute atomic E-state index is 0.103. The Morgan fingerprint density at radius 3 is 2.32 bits per heavy atom. The number of hydrogen-bond donors (Lipinski definition) is 6. The number of thiol groups is 1. The predicted octanol–water partition coefficient (Wildman–Crippen LogP) is -1.72. The number of aliphatic carboxylic acids is 1. The van der Waals surface area contributed by atoms with Crippen LogP contribution in [0.4, 0.5) is 0 Å². The van der Waals surface area contributed by atoms with E-state index in [0.29, 0.717) is 6.42 Å². The molecular formula is C19H29N5O6S. The van der Waals surface area contributed by atoms with Crippen LogP contribution in [0.3, 0.4) is 0 Å². The number of hydrogen-bond acceptors (Lipinski definition) is 8. The van der Waals surface area contributed by atoms with E-state index in [0.717, 1.165) is 10.6 Å². The first kappa shape index (κ1) is 26.4. The van der Waals surface area contributed by atoms with E-state index in [2.05, 4.69) is 23.3 Å². The van der Waals surface area contributed by atoms with Gasteiger partial charge in [-0.15, -0.1) is 0 Å². The molecule has 0 aliphatic heterocycles. The molecule has 3 amide bonds. The van der Waals surface area contributed by atoms with Crippen molar-refractivity contribution in [3.05, 3.63) is 35.9 Å². The Morgan fingerprint density at radius 2 is 1.81 bits per heavy atom. The molecule has 0 aliphatic rings. The van der Waals surface area contributed by atoms with Gasteiger partial charge in [0.25, 0.3) is 5.91 Å². The van der Waals surface area contributed by atoms with E-state index < -0.39 is 54.8 Å². The summed E-state index contributed by atoms with van der Waals surface area (Å²) in [6.45, 7) is -0.272. The van der Waals surface area contributed by atoms with Gasteiger partial charge in [-0.2, -0.15) is 12.6 Å². The lowest BCUT2D eigenvalue weighted by Crippen LogP contribution is -2.59. The number of carbonyl (C=O) groups excluding carboxylic acids is 3. The second kappa shape index (κ2) is 13.6. The third-order valence-electron chi connectivity index (χ3n) is 4.33. The maximum Gasteiger partial charge on any atom is 0.305 e. The molecule has 0 fully saturated rings. The van der Waals surface area contributed by atoms with E-state index in [1.807, 2.05) is 30.3 Å². The smallest absolute Gasteiger partial charge is 0.305 e. The fourth-order valence-corrected chi connectivity index (χ4v) is 3.02. The number of carboxylic acids is 1. The van der Waals surface area contributed by atoms with Crippen LogP contribution in [0.2, 0.25) is 0 Å². The van der Waals surface area contributed by atoms with E-state index in [4.69, 9.17) is 21.4 Å². The zero-order valence-electron chi connectivity index (χ0n) is 17.2. The molecular weight excluding hydrogens is 426 g/mol. The summed E-state index contributed by atoms with van der Waals surface area (Å²) in [5.41, 5.74) is 6.13. The van der Waals surface area contributed by atoms with Crippen molar-refractivity contribution in [3.63, 3.8) is 0 Å². The molecule has 11 nitrogen and oxygen atoms in total. The number of amides is 3. The Hall–Kier alpha value is -2.67. The van der Waals surface area contributed by atoms with Crippen LogP contribution in [-0.4, -0.2) is 77.9 Å². The Labute approximate surface area is 185 Å². The van der Waals surface area contributed by atoms with Gasteiger partial charge in [0, 0.05) is 12.9 Å². The zero-order valence-corrected chi connectivity index (χ0v) is 18.1. The summed E-state index contributed by atoms with van der Waals surface area (Å²) < 4.78 is 5.18. The lowest BCUT2D eigenvalue weighted by Gasteiger charge is -2.31. The number of carboxylic acid groups (broad SMARTS) is 1. The van der Waals surface area contributed by atoms with Crippen molar-refractivity contribution in [2.24, 2.45) is 11.6 Å². The molecule has 0 heterocycles. The molecule has 1 aromatic rings. The molecule has 0 aromatic heterocycles. The molecule has 172 valence electrons. The minimum atomic E-state index is -1.41. The summed E-state index contributed by atoms with van der Waals surface area (Å²) in [7, 11) is 1.48. The number of carbonyl (C=O) groups is 4. The first-order valence-electron chi connectivity index (χ1n) is 9.46. The van der Waals surface area contributed by atoms with E-state index in [1.165, 1.54) is 7.11 Å². The molecule has 0 saturated heterocycles. The van der Waals surface area contributed by atoms with Gasteiger partial charge in [0.05, 0.1) is 25.6 Å². The van der Waals surface area contributed by atoms with E-state index >= 15 is 0 Å². The quantitative estimate of drug-likeness (QED) is 0.0880. The van der Waals surface area contributed by atoms with Crippen molar-refractivity contribution in [3.8, 4) is 0 Å². The average Bonchev–Trinajstić information content (AvgIpc) is 2.75. The van der Waals surface area contributed by atoms with Gasteiger partial charge < -0.3 is 26.2 Å². The highest BCUT2D eigenvalue weighted by Crippen LogP contribution is 2.09. The molecule has 1 rings (SSSR count). The number of nitrogens with zero attached hydrogens (tertiary/aromatic N) is 1. The lowest BCUT2D eigenvalue weighted by molar-refractivity contribution is -0.142. The third kappa shape index (κ3) is 8.92. The maximum absolute atomic E-state index is 12.9. The number of rotatable bonds is 13. The van der Waals surface area contributed by atoms with Crippen molar-refractivity contribution in [2.75, 3.05) is 26.0 Å². The lowest BCUT2D eigenvalue weighted by atomic mass is 10.1. The summed E-state index contributed by atoms with van der Waals surface area (Å²) in [4.78, 5) is 47.9. The molecule has 0 aliphatic carbocycles. The molecule has 1 aromatic carbocycles. The molecule has 0 saturated carbocycles. The Balaban J connectivity index is 2.91. The van der Waals surface area contributed by atoms with Crippen LogP contribution in [0.25, 0.3) is 0 Å². The van der Waals surface area contributed by atoms with Crippen molar-refractivity contribution < 1.29 is 29.0 Å². The summed E-state index contributed by atoms with van der Waals surface area (Å²) in [6.07, 6.45) is -0.268. The Bertz CT molecular complexity index is 751. The number of methoxy groups -OCH3 is 1. The molecule has 3 atom stereocenters. The fraction of sp³-hybridized carbons (Fsp3) is 0.474. The third-order valence-corrected chi connectivity index (χ3v) is 4.70. The topological polar surface area (TPSA) is 177 Å². The number of nitrogens with one attached hydrogen (secondary N) is 2. The van der Waals surface area contributed by atoms with Crippen LogP contribution in [0.15, 0.2) is 30.3 Å². The summed E-state index contributed by atoms with van der Waals surface area (Å²) in [5, 5.41) is 14.6. The summed E-state index contributed by atoms with van der Waals surface area (Å²) in [6, 6.07) is 6.27. The van der Waals surface area contributed by atoms with Crippen LogP contribution in [0, 0.1) is 0 Å². The van der Waals surface area contributed by atoms with Crippen molar-refractivity contribution in [1.29, 1.82) is 0 Å². The van der Waals surface area contributed by atoms with Crippen LogP contribution in [0.5, 0.6) is 0 Å². The number of hydrazine groups is 1. The molecule has 0 radical (unpaired) electrons. The molecule has 7 N–H and O–H groups in total. The average molecular weight is 456 g/mol. The zero-order chi connectivity index (χ0) is 23.4. The summed E-state index contributed by atoms with van der Waals surface area (Å²) in [5.74, 6) is 2.42. The first-order valence-corrected chi connectivity index (χ1v) is 10.1. The van der Waals surface area contributed by atoms with Gasteiger partial charge in [-0.25, -0.2) is 5.84 Å². The van der Waals surface area contributed by atoms with Crippen molar-refractivity contribution in [2.45, 2.75) is 31.0 Å². The monoisotopic (exact) mass is 455 g/mol. The van der Waals surface area contributed by atoms with E-state index in [-0.39, 0.29) is 12.4 Å². The molecule has 12 heteroatoms. The van der Waals surface area contributed by atoms with Gasteiger partial charge in [0.15, 0.2) is 0 Å². The highest BCUT2D eigenvalue weighted by atomic mass is 32.1. The van der Waals surface area contributed by atoms with Gasteiger partial charge >= 0.3 is 5.97 Å². The summed E-state index contributed by atoms with van der Waals surface area (Å²) >= 11 is 4.10. The Morgan fingerprint density at radius 1 is 1.16 bits per heavy atom. The predicted molar refractivity (Wildman–Crippen MR) is 116 cm³/mol. The second-order valence-electron chi connectivity index (χ2n) is 6.71. The highest BCUT2D eigenvalue weighted by Gasteiger charge is 2.31. The van der Waals surface area contributed by atoms with Crippen molar-refractivity contribution in [1.82, 2.24) is 15.6 Å². The van der Waals surface area contributed by atoms with E-state index in [9.17, 15) is 19.2 Å². The van der Waals surface area contributed by atoms with Crippen LogP contribution in [0.1, 0.15) is 12.0 Å². The molecule has 0 unspecified atom stereocenters. The van der Waals surface area contributed by atoms with Gasteiger partial charge in [-0.05, 0) is 12.0 Å².